The van der Waals surface area contributed by atoms with Crippen molar-refractivity contribution in [2.75, 3.05) is 0 Å². The molecule has 0 aliphatic carbocycles. The first-order valence-electron chi connectivity index (χ1n) is 21.6. The number of benzene rings is 4. The predicted molar refractivity (Wildman–Crippen MR) is 219 cm³/mol. The van der Waals surface area contributed by atoms with Crippen molar-refractivity contribution in [1.82, 2.24) is 15.0 Å². The van der Waals surface area contributed by atoms with Crippen molar-refractivity contribution in [1.29, 1.82) is 0 Å². The summed E-state index contributed by atoms with van der Waals surface area (Å²) in [5, 5.41) is 1.64. The van der Waals surface area contributed by atoms with Crippen LogP contribution in [0.25, 0.3) is 55.7 Å². The molecule has 0 bridgehead atoms. The van der Waals surface area contributed by atoms with Crippen molar-refractivity contribution < 1.29 is 35.5 Å². The molecule has 0 amide bonds. The first kappa shape index (κ1) is 29.2. The van der Waals surface area contributed by atoms with Crippen LogP contribution in [0, 0.1) is 38.2 Å². The molecule has 4 aromatic carbocycles. The fraction of sp³-hybridized carbons (Fsp3) is 0.204. The molecule has 0 N–H and O–H groups in total. The van der Waals surface area contributed by atoms with E-state index in [1.165, 1.54) is 28.8 Å². The molecule has 0 atom stereocenters. The van der Waals surface area contributed by atoms with Crippen LogP contribution in [0.2, 0.25) is 0 Å². The molecule has 1 radical (unpaired) electrons. The van der Waals surface area contributed by atoms with Gasteiger partial charge in [-0.3, -0.25) is 0 Å². The molecule has 8 aromatic rings. The van der Waals surface area contributed by atoms with Crippen LogP contribution in [0.4, 0.5) is 0 Å². The number of aromatic nitrogens is 3. The zero-order chi connectivity index (χ0) is 43.7. The third-order valence-electron chi connectivity index (χ3n) is 8.80. The van der Waals surface area contributed by atoms with Crippen molar-refractivity contribution in [2.24, 2.45) is 5.41 Å². The fourth-order valence-electron chi connectivity index (χ4n) is 6.18. The quantitative estimate of drug-likeness (QED) is 0.150. The molecule has 0 saturated carbocycles. The minimum Gasteiger partial charge on any atom is -0.486 e. The zero-order valence-electron chi connectivity index (χ0n) is 38.6. The van der Waals surface area contributed by atoms with E-state index in [9.17, 15) is 0 Å². The minimum absolute atomic E-state index is 0. The van der Waals surface area contributed by atoms with E-state index in [0.717, 1.165) is 40.4 Å². The monoisotopic (exact) mass is 892 g/mol. The summed E-state index contributed by atoms with van der Waals surface area (Å²) in [6.45, 7) is 3.13. The number of nitrogens with zero attached hydrogens (tertiary/aromatic N) is 3. The van der Waals surface area contributed by atoms with E-state index < -0.39 is 25.5 Å². The van der Waals surface area contributed by atoms with Gasteiger partial charge in [-0.15, -0.1) is 47.5 Å². The van der Waals surface area contributed by atoms with Gasteiger partial charge in [0.15, 0.2) is 0 Å². The number of hydrogen-bond acceptors (Lipinski definition) is 4. The summed E-state index contributed by atoms with van der Waals surface area (Å²) in [5.41, 5.74) is 9.11. The summed E-state index contributed by atoms with van der Waals surface area (Å²) in [6.07, 6.45) is 3.68. The molecular formula is C49H45IrN3O-2. The number of rotatable bonds is 7. The Morgan fingerprint density at radius 2 is 1.56 bits per heavy atom. The summed E-state index contributed by atoms with van der Waals surface area (Å²) >= 11 is 0. The summed E-state index contributed by atoms with van der Waals surface area (Å²) < 4.78 is 69.2. The molecule has 0 aliphatic heterocycles. The summed E-state index contributed by atoms with van der Waals surface area (Å²) in [6, 6.07) is 42.2. The maximum atomic E-state index is 8.39. The van der Waals surface area contributed by atoms with Crippen molar-refractivity contribution >= 4 is 22.1 Å². The molecular weight excluding hydrogens is 839 g/mol. The Balaban J connectivity index is 0.000000205. The second-order valence-corrected chi connectivity index (χ2v) is 14.1. The molecule has 8 rings (SSSR count). The molecule has 0 fully saturated rings. The third-order valence-corrected chi connectivity index (χ3v) is 8.80. The second kappa shape index (κ2) is 16.8. The zero-order valence-corrected chi connectivity index (χ0v) is 33.0. The summed E-state index contributed by atoms with van der Waals surface area (Å²) in [4.78, 5) is 13.2. The van der Waals surface area contributed by atoms with Crippen molar-refractivity contribution in [3.8, 4) is 33.6 Å². The minimum atomic E-state index is -2.28. The van der Waals surface area contributed by atoms with Crippen LogP contribution in [0.1, 0.15) is 65.2 Å². The van der Waals surface area contributed by atoms with Crippen molar-refractivity contribution in [3.05, 3.63) is 173 Å². The number of furan rings is 1. The molecule has 54 heavy (non-hydrogen) atoms. The average Bonchev–Trinajstić information content (AvgIpc) is 3.61. The Labute approximate surface area is 344 Å². The molecule has 5 heteroatoms. The largest absolute Gasteiger partial charge is 0.486 e. The maximum absolute atomic E-state index is 8.39. The number of pyridine rings is 3. The molecule has 0 spiro atoms. The van der Waals surface area contributed by atoms with Crippen LogP contribution in [0.5, 0.6) is 0 Å². The number of hydrogen-bond donors (Lipinski definition) is 0. The first-order chi connectivity index (χ1) is 28.8. The average molecular weight is 892 g/mol. The van der Waals surface area contributed by atoms with Gasteiger partial charge in [0, 0.05) is 54.5 Å². The van der Waals surface area contributed by atoms with Gasteiger partial charge in [-0.1, -0.05) is 128 Å². The molecule has 273 valence electrons. The van der Waals surface area contributed by atoms with Crippen LogP contribution >= 0.6 is 0 Å². The normalized spacial score (nSPS) is 14.1. The number of aryl methyl sites for hydroxylation is 5. The van der Waals surface area contributed by atoms with Gasteiger partial charge in [-0.25, -0.2) is 4.98 Å². The van der Waals surface area contributed by atoms with Crippen LogP contribution in [-0.2, 0) is 39.3 Å². The van der Waals surface area contributed by atoms with E-state index in [1.807, 2.05) is 69.3 Å². The van der Waals surface area contributed by atoms with Crippen LogP contribution in [0.3, 0.4) is 0 Å². The molecule has 0 saturated heterocycles. The van der Waals surface area contributed by atoms with Gasteiger partial charge in [-0.2, -0.15) is 0 Å². The smallest absolute Gasteiger partial charge is 0.216 e. The van der Waals surface area contributed by atoms with Crippen LogP contribution < -0.4 is 0 Å². The van der Waals surface area contributed by atoms with E-state index >= 15 is 0 Å². The van der Waals surface area contributed by atoms with Gasteiger partial charge in [-0.05, 0) is 84.7 Å². The Morgan fingerprint density at radius 3 is 2.30 bits per heavy atom. The predicted octanol–water partition coefficient (Wildman–Crippen LogP) is 12.4. The van der Waals surface area contributed by atoms with Crippen LogP contribution in [0.15, 0.2) is 132 Å². The van der Waals surface area contributed by atoms with Gasteiger partial charge < -0.3 is 14.4 Å². The van der Waals surface area contributed by atoms with Crippen molar-refractivity contribution in [3.63, 3.8) is 0 Å². The number of fused-ring (bicyclic) bond motifs is 3. The van der Waals surface area contributed by atoms with E-state index in [4.69, 9.17) is 15.4 Å². The standard InChI is InChI=1S/C26H21N2O.C23H24N.Ir/c1-17-6-9-19(10-7-17)11-12-20-14-15-27-24(16-20)23-5-3-4-21-22-13-8-18(2)28-26(22)29-25(21)23;1-17-10-12-20(14-21(17)19-8-6-5-7-9-19)22-13-11-18(16-24-22)15-23(2,3)4;/h3-4,6-10,13-16H,11-12H2,1-2H3;5-11,13-14,16H,15H2,1-4H3;/q2*-1;/i2D3;1D3,15D2;. The van der Waals surface area contributed by atoms with Crippen LogP contribution in [-0.4, -0.2) is 15.0 Å². The van der Waals surface area contributed by atoms with E-state index in [0.29, 0.717) is 33.7 Å². The summed E-state index contributed by atoms with van der Waals surface area (Å²) in [5.74, 6) is 0. The molecule has 0 aliphatic rings. The van der Waals surface area contributed by atoms with E-state index in [1.54, 1.807) is 36.7 Å². The Bertz CT molecular complexity index is 2790. The summed E-state index contributed by atoms with van der Waals surface area (Å²) in [7, 11) is 0. The molecule has 0 unspecified atom stereocenters. The third kappa shape index (κ3) is 9.28. The fourth-order valence-corrected chi connectivity index (χ4v) is 6.18. The van der Waals surface area contributed by atoms with Gasteiger partial charge >= 0.3 is 0 Å². The van der Waals surface area contributed by atoms with Gasteiger partial charge in [0.25, 0.3) is 0 Å². The maximum Gasteiger partial charge on any atom is 0.216 e. The molecule has 4 nitrogen and oxygen atoms in total. The second-order valence-electron chi connectivity index (χ2n) is 14.1. The van der Waals surface area contributed by atoms with Gasteiger partial charge in [0.05, 0.1) is 5.58 Å². The van der Waals surface area contributed by atoms with E-state index in [2.05, 4.69) is 64.3 Å². The van der Waals surface area contributed by atoms with E-state index in [-0.39, 0.29) is 31.4 Å². The Hall–Kier alpha value is -5.22. The Morgan fingerprint density at radius 1 is 0.759 bits per heavy atom. The SMILES string of the molecule is [2H]C([2H])([2H])c1c[c-]c(-c2ccc(C([2H])([2H])C(C)(C)C)cn2)cc1-c1ccccc1.[2H]C([2H])([2H])c1ccc2c(n1)oc1c(-c3cc(CCc4ccc(C)cc4)ccn3)[c-]ccc12.[Ir]. The molecule has 4 heterocycles. The topological polar surface area (TPSA) is 51.8 Å². The van der Waals surface area contributed by atoms with Gasteiger partial charge in [0.1, 0.15) is 0 Å². The Kier molecular flexibility index (Phi) is 9.10. The first-order valence-corrected chi connectivity index (χ1v) is 17.6. The molecule has 4 aromatic heterocycles. The van der Waals surface area contributed by atoms with Crippen molar-refractivity contribution in [2.45, 2.75) is 60.6 Å². The van der Waals surface area contributed by atoms with Gasteiger partial charge in [0.2, 0.25) is 5.71 Å².